The van der Waals surface area contributed by atoms with E-state index in [1.165, 1.54) is 0 Å². The first kappa shape index (κ1) is 15.5. The zero-order valence-corrected chi connectivity index (χ0v) is 12.9. The first-order valence-electron chi connectivity index (χ1n) is 6.16. The number of nitrogens with zero attached hydrogens (tertiary/aromatic N) is 3. The van der Waals surface area contributed by atoms with Gasteiger partial charge in [0.2, 0.25) is 5.95 Å². The summed E-state index contributed by atoms with van der Waals surface area (Å²) in [4.78, 5) is 19.1. The highest BCUT2D eigenvalue weighted by atomic mass is 35.5. The monoisotopic (exact) mass is 326 g/mol. The lowest BCUT2D eigenvalue weighted by molar-refractivity contribution is -0.385. The second-order valence-corrected chi connectivity index (χ2v) is 5.06. The van der Waals surface area contributed by atoms with Crippen LogP contribution in [0.1, 0.15) is 12.6 Å². The third-order valence-electron chi connectivity index (χ3n) is 2.77. The summed E-state index contributed by atoms with van der Waals surface area (Å²) in [5, 5.41) is 14.9. The molecule has 2 aromatic rings. The Kier molecular flexibility index (Phi) is 4.59. The molecule has 1 aromatic carbocycles. The molecule has 21 heavy (non-hydrogen) atoms. The maximum Gasteiger partial charge on any atom is 0.316 e. The SMILES string of the molecule is CCNc1nc(C)c([N+](=O)[O-])c(-c2ccc(Cl)c(Cl)c2)n1. The van der Waals surface area contributed by atoms with E-state index in [2.05, 4.69) is 15.3 Å². The number of hydrogen-bond donors (Lipinski definition) is 1. The number of hydrogen-bond acceptors (Lipinski definition) is 5. The van der Waals surface area contributed by atoms with Crippen molar-refractivity contribution in [2.24, 2.45) is 0 Å². The van der Waals surface area contributed by atoms with Crippen LogP contribution < -0.4 is 5.32 Å². The van der Waals surface area contributed by atoms with Crippen molar-refractivity contribution in [2.75, 3.05) is 11.9 Å². The predicted octanol–water partition coefficient (Wildman–Crippen LogP) is 4.10. The van der Waals surface area contributed by atoms with Gasteiger partial charge in [0.25, 0.3) is 0 Å². The van der Waals surface area contributed by atoms with Crippen LogP contribution in [0, 0.1) is 17.0 Å². The summed E-state index contributed by atoms with van der Waals surface area (Å²) in [5.74, 6) is 0.335. The summed E-state index contributed by atoms with van der Waals surface area (Å²) in [7, 11) is 0. The summed E-state index contributed by atoms with van der Waals surface area (Å²) < 4.78 is 0. The number of halogens is 2. The van der Waals surface area contributed by atoms with Gasteiger partial charge >= 0.3 is 5.69 Å². The highest BCUT2D eigenvalue weighted by Crippen LogP contribution is 2.34. The van der Waals surface area contributed by atoms with Crippen LogP contribution in [0.3, 0.4) is 0 Å². The highest BCUT2D eigenvalue weighted by Gasteiger charge is 2.23. The summed E-state index contributed by atoms with van der Waals surface area (Å²) in [6, 6.07) is 4.76. The Bertz CT molecular complexity index is 707. The molecular weight excluding hydrogens is 315 g/mol. The molecule has 6 nitrogen and oxygen atoms in total. The molecule has 0 spiro atoms. The molecule has 1 N–H and O–H groups in total. The van der Waals surface area contributed by atoms with E-state index >= 15 is 0 Å². The predicted molar refractivity (Wildman–Crippen MR) is 83.0 cm³/mol. The van der Waals surface area contributed by atoms with Crippen molar-refractivity contribution in [3.8, 4) is 11.3 Å². The molecule has 2 rings (SSSR count). The minimum absolute atomic E-state index is 0.143. The number of nitro groups is 1. The number of rotatable bonds is 4. The average Bonchev–Trinajstić information content (AvgIpc) is 2.41. The molecule has 0 radical (unpaired) electrons. The minimum atomic E-state index is -0.497. The zero-order valence-electron chi connectivity index (χ0n) is 11.4. The van der Waals surface area contributed by atoms with Crippen LogP contribution in [0.25, 0.3) is 11.3 Å². The van der Waals surface area contributed by atoms with E-state index in [0.29, 0.717) is 28.1 Å². The van der Waals surface area contributed by atoms with Crippen molar-refractivity contribution >= 4 is 34.8 Å². The van der Waals surface area contributed by atoms with Gasteiger partial charge in [-0.15, -0.1) is 0 Å². The normalized spacial score (nSPS) is 10.5. The standard InChI is InChI=1S/C13H12Cl2N4O2/c1-3-16-13-17-7(2)12(19(20)21)11(18-13)8-4-5-9(14)10(15)6-8/h4-6H,3H2,1-2H3,(H,16,17,18). The van der Waals surface area contributed by atoms with Crippen LogP contribution in [-0.2, 0) is 0 Å². The third-order valence-corrected chi connectivity index (χ3v) is 3.51. The molecule has 8 heteroatoms. The third kappa shape index (κ3) is 3.22. The summed E-state index contributed by atoms with van der Waals surface area (Å²) >= 11 is 11.8. The van der Waals surface area contributed by atoms with Gasteiger partial charge in [0.1, 0.15) is 5.69 Å². The average molecular weight is 327 g/mol. The van der Waals surface area contributed by atoms with Crippen molar-refractivity contribution in [1.82, 2.24) is 9.97 Å². The van der Waals surface area contributed by atoms with E-state index in [-0.39, 0.29) is 17.1 Å². The molecule has 0 atom stereocenters. The second-order valence-electron chi connectivity index (χ2n) is 4.25. The molecule has 0 amide bonds. The van der Waals surface area contributed by atoms with Gasteiger partial charge in [0.05, 0.1) is 15.0 Å². The Morgan fingerprint density at radius 1 is 1.29 bits per heavy atom. The Morgan fingerprint density at radius 2 is 2.00 bits per heavy atom. The van der Waals surface area contributed by atoms with E-state index in [1.54, 1.807) is 25.1 Å². The molecule has 0 saturated heterocycles. The molecule has 1 heterocycles. The van der Waals surface area contributed by atoms with Gasteiger partial charge in [-0.1, -0.05) is 29.3 Å². The van der Waals surface area contributed by atoms with Gasteiger partial charge < -0.3 is 5.32 Å². The van der Waals surface area contributed by atoms with E-state index < -0.39 is 4.92 Å². The molecule has 0 bridgehead atoms. The topological polar surface area (TPSA) is 81.0 Å². The van der Waals surface area contributed by atoms with Crippen molar-refractivity contribution < 1.29 is 4.92 Å². The molecule has 0 fully saturated rings. The van der Waals surface area contributed by atoms with E-state index in [0.717, 1.165) is 0 Å². The Morgan fingerprint density at radius 3 is 2.57 bits per heavy atom. The second kappa shape index (κ2) is 6.24. The molecule has 0 aliphatic rings. The molecule has 0 saturated carbocycles. The Labute approximate surface area is 131 Å². The highest BCUT2D eigenvalue weighted by molar-refractivity contribution is 6.42. The number of aromatic nitrogens is 2. The van der Waals surface area contributed by atoms with Gasteiger partial charge in [-0.25, -0.2) is 9.97 Å². The molecule has 1 aromatic heterocycles. The van der Waals surface area contributed by atoms with Crippen molar-refractivity contribution in [3.05, 3.63) is 44.1 Å². The van der Waals surface area contributed by atoms with Crippen LogP contribution in [0.15, 0.2) is 18.2 Å². The summed E-state index contributed by atoms with van der Waals surface area (Å²) in [5.41, 5.74) is 0.866. The van der Waals surface area contributed by atoms with Crippen LogP contribution in [0.2, 0.25) is 10.0 Å². The van der Waals surface area contributed by atoms with Crippen molar-refractivity contribution in [2.45, 2.75) is 13.8 Å². The number of aryl methyl sites for hydroxylation is 1. The van der Waals surface area contributed by atoms with Crippen LogP contribution >= 0.6 is 23.2 Å². The van der Waals surface area contributed by atoms with Gasteiger partial charge in [0, 0.05) is 12.1 Å². The Balaban J connectivity index is 2.68. The molecular formula is C13H12Cl2N4O2. The molecule has 0 aliphatic carbocycles. The number of anilines is 1. The minimum Gasteiger partial charge on any atom is -0.354 e. The first-order chi connectivity index (χ1) is 9.93. The smallest absolute Gasteiger partial charge is 0.316 e. The van der Waals surface area contributed by atoms with E-state index in [1.807, 2.05) is 6.92 Å². The van der Waals surface area contributed by atoms with Crippen molar-refractivity contribution in [1.29, 1.82) is 0 Å². The zero-order chi connectivity index (χ0) is 15.6. The van der Waals surface area contributed by atoms with Crippen LogP contribution in [0.5, 0.6) is 0 Å². The number of nitrogens with one attached hydrogen (secondary N) is 1. The molecule has 110 valence electrons. The molecule has 0 aliphatic heterocycles. The lowest BCUT2D eigenvalue weighted by Gasteiger charge is -2.09. The van der Waals surface area contributed by atoms with Gasteiger partial charge in [0.15, 0.2) is 5.69 Å². The fourth-order valence-corrected chi connectivity index (χ4v) is 2.17. The lowest BCUT2D eigenvalue weighted by Crippen LogP contribution is -2.07. The molecule has 0 unspecified atom stereocenters. The summed E-state index contributed by atoms with van der Waals surface area (Å²) in [6.45, 7) is 4.07. The maximum absolute atomic E-state index is 11.3. The van der Waals surface area contributed by atoms with Crippen molar-refractivity contribution in [3.63, 3.8) is 0 Å². The van der Waals surface area contributed by atoms with Crippen LogP contribution in [-0.4, -0.2) is 21.4 Å². The first-order valence-corrected chi connectivity index (χ1v) is 6.92. The fraction of sp³-hybridized carbons (Fsp3) is 0.231. The number of benzene rings is 1. The maximum atomic E-state index is 11.3. The van der Waals surface area contributed by atoms with Gasteiger partial charge in [-0.05, 0) is 26.0 Å². The Hall–Kier alpha value is -1.92. The van der Waals surface area contributed by atoms with E-state index in [9.17, 15) is 10.1 Å². The largest absolute Gasteiger partial charge is 0.354 e. The van der Waals surface area contributed by atoms with E-state index in [4.69, 9.17) is 23.2 Å². The summed E-state index contributed by atoms with van der Waals surface area (Å²) in [6.07, 6.45) is 0. The van der Waals surface area contributed by atoms with Crippen LogP contribution in [0.4, 0.5) is 11.6 Å². The van der Waals surface area contributed by atoms with Gasteiger partial charge in [-0.2, -0.15) is 0 Å². The lowest BCUT2D eigenvalue weighted by atomic mass is 10.1. The fourth-order valence-electron chi connectivity index (χ4n) is 1.87. The quantitative estimate of drug-likeness (QED) is 0.675. The van der Waals surface area contributed by atoms with Gasteiger partial charge in [-0.3, -0.25) is 10.1 Å².